The Labute approximate surface area is 155 Å². The van der Waals surface area contributed by atoms with Gasteiger partial charge in [0.15, 0.2) is 0 Å². The summed E-state index contributed by atoms with van der Waals surface area (Å²) in [7, 11) is 0. The fourth-order valence-electron chi connectivity index (χ4n) is 3.12. The van der Waals surface area contributed by atoms with Gasteiger partial charge in [-0.2, -0.15) is 0 Å². The van der Waals surface area contributed by atoms with Crippen LogP contribution in [0.25, 0.3) is 0 Å². The number of nitrogens with zero attached hydrogens (tertiary/aromatic N) is 1. The summed E-state index contributed by atoms with van der Waals surface area (Å²) in [6, 6.07) is 10.9. The fourth-order valence-corrected chi connectivity index (χ4v) is 3.12. The van der Waals surface area contributed by atoms with Crippen LogP contribution in [0, 0.1) is 5.92 Å². The van der Waals surface area contributed by atoms with Gasteiger partial charge in [-0.15, -0.1) is 0 Å². The predicted octanol–water partition coefficient (Wildman–Crippen LogP) is 2.84. The third kappa shape index (κ3) is 11.3. The second-order valence-electron chi connectivity index (χ2n) is 6.93. The zero-order valence-electron chi connectivity index (χ0n) is 16.5. The second-order valence-corrected chi connectivity index (χ2v) is 6.93. The summed E-state index contributed by atoms with van der Waals surface area (Å²) in [6.07, 6.45) is 5.28. The Morgan fingerprint density at radius 2 is 1.72 bits per heavy atom. The third-order valence-corrected chi connectivity index (χ3v) is 4.71. The van der Waals surface area contributed by atoms with E-state index in [-0.39, 0.29) is 0 Å². The molecule has 0 aliphatic rings. The molecule has 1 aromatic rings. The molecule has 1 unspecified atom stereocenters. The molecule has 1 rings (SSSR count). The fraction of sp³-hybridized carbons (Fsp3) is 0.714. The zero-order valence-corrected chi connectivity index (χ0v) is 16.5. The lowest BCUT2D eigenvalue weighted by Crippen LogP contribution is -2.37. The molecule has 4 nitrogen and oxygen atoms in total. The van der Waals surface area contributed by atoms with Crippen molar-refractivity contribution in [1.29, 1.82) is 0 Å². The Balaban J connectivity index is 2.41. The lowest BCUT2D eigenvalue weighted by Gasteiger charge is -2.27. The van der Waals surface area contributed by atoms with Crippen LogP contribution in [-0.2, 0) is 6.54 Å². The lowest BCUT2D eigenvalue weighted by atomic mass is 9.98. The van der Waals surface area contributed by atoms with Gasteiger partial charge in [-0.1, -0.05) is 63.4 Å². The van der Waals surface area contributed by atoms with Crippen molar-refractivity contribution < 1.29 is 0 Å². The maximum atomic E-state index is 5.49. The summed E-state index contributed by atoms with van der Waals surface area (Å²) < 4.78 is 0. The Hall–Kier alpha value is -0.940. The number of nitrogens with two attached hydrogens (primary N) is 1. The average molecular weight is 349 g/mol. The lowest BCUT2D eigenvalue weighted by molar-refractivity contribution is 0.211. The van der Waals surface area contributed by atoms with E-state index in [1.54, 1.807) is 0 Å². The minimum absolute atomic E-state index is 0.709. The van der Waals surface area contributed by atoms with Crippen LogP contribution in [0.3, 0.4) is 0 Å². The van der Waals surface area contributed by atoms with Crippen LogP contribution in [0.4, 0.5) is 0 Å². The molecule has 0 saturated heterocycles. The molecule has 25 heavy (non-hydrogen) atoms. The van der Waals surface area contributed by atoms with Crippen LogP contribution in [0.15, 0.2) is 30.3 Å². The van der Waals surface area contributed by atoms with Gasteiger partial charge < -0.3 is 16.4 Å². The van der Waals surface area contributed by atoms with E-state index in [9.17, 15) is 0 Å². The van der Waals surface area contributed by atoms with E-state index in [0.717, 1.165) is 45.2 Å². The van der Waals surface area contributed by atoms with E-state index in [2.05, 4.69) is 59.7 Å². The molecule has 144 valence electrons. The van der Waals surface area contributed by atoms with E-state index >= 15 is 0 Å². The van der Waals surface area contributed by atoms with Crippen LogP contribution in [0.2, 0.25) is 0 Å². The maximum absolute atomic E-state index is 5.49. The minimum Gasteiger partial charge on any atom is -0.329 e. The van der Waals surface area contributed by atoms with E-state index in [4.69, 9.17) is 5.73 Å². The highest BCUT2D eigenvalue weighted by atomic mass is 15.1. The van der Waals surface area contributed by atoms with Crippen molar-refractivity contribution in [3.63, 3.8) is 0 Å². The highest BCUT2D eigenvalue weighted by Gasteiger charge is 2.13. The van der Waals surface area contributed by atoms with Crippen LogP contribution in [-0.4, -0.2) is 50.7 Å². The zero-order chi connectivity index (χ0) is 18.2. The molecule has 0 aromatic heterocycles. The van der Waals surface area contributed by atoms with Crippen molar-refractivity contribution in [3.8, 4) is 0 Å². The van der Waals surface area contributed by atoms with Crippen LogP contribution < -0.4 is 16.4 Å². The van der Waals surface area contributed by atoms with Gasteiger partial charge in [0, 0.05) is 52.4 Å². The van der Waals surface area contributed by atoms with Crippen LogP contribution in [0.5, 0.6) is 0 Å². The first-order valence-electron chi connectivity index (χ1n) is 10.2. The first kappa shape index (κ1) is 22.1. The van der Waals surface area contributed by atoms with Gasteiger partial charge in [0.05, 0.1) is 0 Å². The van der Waals surface area contributed by atoms with E-state index in [0.29, 0.717) is 6.54 Å². The molecule has 0 bridgehead atoms. The molecule has 1 aromatic carbocycles. The van der Waals surface area contributed by atoms with Crippen LogP contribution >= 0.6 is 0 Å². The first-order chi connectivity index (χ1) is 12.3. The molecule has 0 aliphatic heterocycles. The number of nitrogens with one attached hydrogen (secondary N) is 2. The molecular weight excluding hydrogens is 308 g/mol. The number of benzene rings is 1. The molecule has 0 fully saturated rings. The van der Waals surface area contributed by atoms with Crippen molar-refractivity contribution in [2.75, 3.05) is 45.8 Å². The van der Waals surface area contributed by atoms with Crippen molar-refractivity contribution in [3.05, 3.63) is 35.9 Å². The first-order valence-corrected chi connectivity index (χ1v) is 10.2. The molecule has 1 atom stereocenters. The predicted molar refractivity (Wildman–Crippen MR) is 110 cm³/mol. The number of unbranched alkanes of at least 4 members (excludes halogenated alkanes) is 1. The molecule has 0 radical (unpaired) electrons. The van der Waals surface area contributed by atoms with Gasteiger partial charge in [0.2, 0.25) is 0 Å². The van der Waals surface area contributed by atoms with Crippen molar-refractivity contribution in [2.45, 2.75) is 46.1 Å². The second kappa shape index (κ2) is 15.3. The summed E-state index contributed by atoms with van der Waals surface area (Å²) >= 11 is 0. The standard InChI is InChI=1S/C21H40N4/c1-3-5-9-20(4-2)18-25(19-21-10-7-6-8-11-21)17-16-24-15-14-23-13-12-22/h6-8,10-11,20,23-24H,3-5,9,12-19,22H2,1-2H3. The summed E-state index contributed by atoms with van der Waals surface area (Å²) in [5.41, 5.74) is 6.90. The van der Waals surface area contributed by atoms with E-state index < -0.39 is 0 Å². The highest BCUT2D eigenvalue weighted by Crippen LogP contribution is 2.16. The van der Waals surface area contributed by atoms with Crippen molar-refractivity contribution in [1.82, 2.24) is 15.5 Å². The van der Waals surface area contributed by atoms with E-state index in [1.165, 1.54) is 37.8 Å². The van der Waals surface area contributed by atoms with Gasteiger partial charge in [-0.3, -0.25) is 4.90 Å². The smallest absolute Gasteiger partial charge is 0.0234 e. The quantitative estimate of drug-likeness (QED) is 0.402. The Bertz CT molecular complexity index is 396. The van der Waals surface area contributed by atoms with Gasteiger partial charge in [0.1, 0.15) is 0 Å². The molecule has 4 N–H and O–H groups in total. The summed E-state index contributed by atoms with van der Waals surface area (Å²) in [4.78, 5) is 2.62. The highest BCUT2D eigenvalue weighted by molar-refractivity contribution is 5.14. The van der Waals surface area contributed by atoms with E-state index in [1.807, 2.05) is 0 Å². The minimum atomic E-state index is 0.709. The molecule has 0 saturated carbocycles. The maximum Gasteiger partial charge on any atom is 0.0234 e. The van der Waals surface area contributed by atoms with Crippen molar-refractivity contribution >= 4 is 0 Å². The van der Waals surface area contributed by atoms with Gasteiger partial charge in [0.25, 0.3) is 0 Å². The number of rotatable bonds is 16. The SMILES string of the molecule is CCCCC(CC)CN(CCNCCNCCN)Cc1ccccc1. The van der Waals surface area contributed by atoms with Gasteiger partial charge in [-0.25, -0.2) is 0 Å². The molecule has 4 heteroatoms. The summed E-state index contributed by atoms with van der Waals surface area (Å²) in [5.74, 6) is 0.815. The molecule has 0 spiro atoms. The molecule has 0 amide bonds. The Kier molecular flexibility index (Phi) is 13.5. The summed E-state index contributed by atoms with van der Waals surface area (Å²) in [6.45, 7) is 12.6. The monoisotopic (exact) mass is 348 g/mol. The molecule has 0 heterocycles. The third-order valence-electron chi connectivity index (χ3n) is 4.71. The van der Waals surface area contributed by atoms with Gasteiger partial charge in [-0.05, 0) is 17.9 Å². The Morgan fingerprint density at radius 1 is 1.00 bits per heavy atom. The molecule has 0 aliphatic carbocycles. The Morgan fingerprint density at radius 3 is 2.36 bits per heavy atom. The van der Waals surface area contributed by atoms with Crippen molar-refractivity contribution in [2.24, 2.45) is 11.7 Å². The topological polar surface area (TPSA) is 53.3 Å². The molecular formula is C21H40N4. The van der Waals surface area contributed by atoms with Gasteiger partial charge >= 0.3 is 0 Å². The van der Waals surface area contributed by atoms with Crippen LogP contribution in [0.1, 0.15) is 45.1 Å². The number of hydrogen-bond donors (Lipinski definition) is 3. The largest absolute Gasteiger partial charge is 0.329 e. The summed E-state index contributed by atoms with van der Waals surface area (Å²) in [5, 5.41) is 6.88. The normalized spacial score (nSPS) is 12.6. The average Bonchev–Trinajstić information content (AvgIpc) is 2.64. The number of hydrogen-bond acceptors (Lipinski definition) is 4.